The third-order valence-corrected chi connectivity index (χ3v) is 3.82. The number of aldehydes is 1. The van der Waals surface area contributed by atoms with Crippen LogP contribution in [0.5, 0.6) is 11.5 Å². The molecule has 0 saturated carbocycles. The highest BCUT2D eigenvalue weighted by Crippen LogP contribution is 2.33. The van der Waals surface area contributed by atoms with E-state index in [-0.39, 0.29) is 24.9 Å². The zero-order valence-electron chi connectivity index (χ0n) is 12.6. The van der Waals surface area contributed by atoms with Gasteiger partial charge in [0.15, 0.2) is 17.3 Å². The Morgan fingerprint density at radius 1 is 1.36 bits per heavy atom. The molecule has 1 aliphatic rings. The van der Waals surface area contributed by atoms with E-state index in [2.05, 4.69) is 0 Å². The Kier molecular flexibility index (Phi) is 5.58. The molecule has 0 aromatic heterocycles. The number of hydrogen-bond donors (Lipinski definition) is 1. The molecule has 1 atom stereocenters. The summed E-state index contributed by atoms with van der Waals surface area (Å²) in [4.78, 5) is 22.6. The minimum Gasteiger partial charge on any atom is -0.515 e. The number of benzene rings is 1. The second-order valence-electron chi connectivity index (χ2n) is 5.43. The molecule has 1 N–H and O–H groups in total. The maximum atomic E-state index is 11.8. The molecule has 118 valence electrons. The van der Waals surface area contributed by atoms with Gasteiger partial charge in [-0.3, -0.25) is 4.79 Å². The van der Waals surface area contributed by atoms with Gasteiger partial charge in [0.05, 0.1) is 6.26 Å². The number of Topliss-reactive ketones (excluding diaryl/α,β-unsaturated/α-hetero) is 1. The monoisotopic (exact) mass is 304 g/mol. The third-order valence-electron chi connectivity index (χ3n) is 3.82. The highest BCUT2D eigenvalue weighted by Gasteiger charge is 2.17. The zero-order valence-corrected chi connectivity index (χ0v) is 12.6. The Morgan fingerprint density at radius 3 is 2.86 bits per heavy atom. The van der Waals surface area contributed by atoms with E-state index in [1.54, 1.807) is 6.92 Å². The maximum Gasteiger partial charge on any atom is 0.231 e. The number of aryl methyl sites for hydroxylation is 1. The molecule has 0 fully saturated rings. The molecule has 1 unspecified atom stereocenters. The molecule has 1 aromatic carbocycles. The van der Waals surface area contributed by atoms with Crippen LogP contribution in [0.1, 0.15) is 31.7 Å². The summed E-state index contributed by atoms with van der Waals surface area (Å²) in [5, 5.41) is 8.87. The number of aliphatic hydroxyl groups excluding tert-OH is 1. The number of carbonyl (C=O) groups excluding carboxylic acids is 2. The second-order valence-corrected chi connectivity index (χ2v) is 5.43. The van der Waals surface area contributed by atoms with Crippen molar-refractivity contribution in [3.63, 3.8) is 0 Å². The zero-order chi connectivity index (χ0) is 15.9. The van der Waals surface area contributed by atoms with Crippen LogP contribution in [0.15, 0.2) is 30.0 Å². The van der Waals surface area contributed by atoms with Crippen molar-refractivity contribution in [3.05, 3.63) is 35.6 Å². The van der Waals surface area contributed by atoms with Crippen molar-refractivity contribution in [1.29, 1.82) is 0 Å². The third kappa shape index (κ3) is 4.10. The summed E-state index contributed by atoms with van der Waals surface area (Å²) in [7, 11) is 0. The predicted octanol–water partition coefficient (Wildman–Crippen LogP) is 2.97. The number of fused-ring (bicyclic) bond motifs is 1. The summed E-state index contributed by atoms with van der Waals surface area (Å²) < 4.78 is 10.6. The first-order valence-corrected chi connectivity index (χ1v) is 7.30. The fourth-order valence-electron chi connectivity index (χ4n) is 2.40. The fraction of sp³-hybridized carbons (Fsp3) is 0.412. The van der Waals surface area contributed by atoms with E-state index in [9.17, 15) is 9.59 Å². The van der Waals surface area contributed by atoms with Gasteiger partial charge in [0.1, 0.15) is 6.29 Å². The molecule has 1 heterocycles. The molecule has 0 bridgehead atoms. The summed E-state index contributed by atoms with van der Waals surface area (Å²) in [5.74, 6) is 1.33. The minimum atomic E-state index is -0.125. The van der Waals surface area contributed by atoms with Crippen molar-refractivity contribution in [1.82, 2.24) is 0 Å². The van der Waals surface area contributed by atoms with Gasteiger partial charge in [0.2, 0.25) is 6.79 Å². The van der Waals surface area contributed by atoms with Gasteiger partial charge < -0.3 is 19.4 Å². The number of rotatable bonds is 8. The lowest BCUT2D eigenvalue weighted by molar-refractivity contribution is -0.116. The molecule has 0 spiro atoms. The van der Waals surface area contributed by atoms with Crippen LogP contribution >= 0.6 is 0 Å². The molecular formula is C17H20O5. The van der Waals surface area contributed by atoms with Crippen molar-refractivity contribution in [2.45, 2.75) is 32.6 Å². The smallest absolute Gasteiger partial charge is 0.231 e. The molecule has 0 saturated heterocycles. The second kappa shape index (κ2) is 7.64. The lowest BCUT2D eigenvalue weighted by atomic mass is 9.90. The van der Waals surface area contributed by atoms with Gasteiger partial charge >= 0.3 is 0 Å². The highest BCUT2D eigenvalue weighted by atomic mass is 16.7. The van der Waals surface area contributed by atoms with E-state index < -0.39 is 0 Å². The summed E-state index contributed by atoms with van der Waals surface area (Å²) in [6.45, 7) is 1.81. The van der Waals surface area contributed by atoms with Gasteiger partial charge in [-0.05, 0) is 43.4 Å². The SMILES string of the molecule is C/C(=C\O)C(=O)CC(CC=O)CCc1ccc2c(c1)OCO2. The van der Waals surface area contributed by atoms with E-state index in [1.165, 1.54) is 0 Å². The normalized spacial score (nSPS) is 14.7. The van der Waals surface area contributed by atoms with Crippen LogP contribution in [0, 0.1) is 5.92 Å². The number of carbonyl (C=O) groups is 2. The summed E-state index contributed by atoms with van der Waals surface area (Å²) in [6.07, 6.45) is 3.75. The average Bonchev–Trinajstić information content (AvgIpc) is 2.99. The first-order chi connectivity index (χ1) is 10.6. The van der Waals surface area contributed by atoms with Gasteiger partial charge in [0, 0.05) is 18.4 Å². The molecule has 0 radical (unpaired) electrons. The van der Waals surface area contributed by atoms with E-state index in [4.69, 9.17) is 14.6 Å². The van der Waals surface area contributed by atoms with Crippen LogP contribution in [0.25, 0.3) is 0 Å². The van der Waals surface area contributed by atoms with E-state index in [0.29, 0.717) is 12.0 Å². The van der Waals surface area contributed by atoms with Crippen LogP contribution in [-0.4, -0.2) is 24.0 Å². The van der Waals surface area contributed by atoms with Gasteiger partial charge in [-0.15, -0.1) is 0 Å². The first-order valence-electron chi connectivity index (χ1n) is 7.30. The quantitative estimate of drug-likeness (QED) is 0.454. The van der Waals surface area contributed by atoms with E-state index in [1.807, 2.05) is 18.2 Å². The van der Waals surface area contributed by atoms with Crippen LogP contribution in [0.4, 0.5) is 0 Å². The summed E-state index contributed by atoms with van der Waals surface area (Å²) in [5.41, 5.74) is 1.40. The Labute approximate surface area is 129 Å². The summed E-state index contributed by atoms with van der Waals surface area (Å²) >= 11 is 0. The molecule has 1 aromatic rings. The van der Waals surface area contributed by atoms with Gasteiger partial charge in [-0.25, -0.2) is 0 Å². The van der Waals surface area contributed by atoms with Crippen LogP contribution in [0.2, 0.25) is 0 Å². The standard InChI is InChI=1S/C17H20O5/c1-12(10-19)15(20)8-14(6-7-18)3-2-13-4-5-16-17(9-13)22-11-21-16/h4-5,7,9-10,14,19H,2-3,6,8,11H2,1H3/b12-10+. The van der Waals surface area contributed by atoms with Crippen molar-refractivity contribution < 1.29 is 24.2 Å². The largest absolute Gasteiger partial charge is 0.515 e. The van der Waals surface area contributed by atoms with Gasteiger partial charge in [0.25, 0.3) is 0 Å². The van der Waals surface area contributed by atoms with Crippen LogP contribution in [-0.2, 0) is 16.0 Å². The number of ketones is 1. The molecule has 2 rings (SSSR count). The number of ether oxygens (including phenoxy) is 2. The molecule has 22 heavy (non-hydrogen) atoms. The Hall–Kier alpha value is -2.30. The number of allylic oxidation sites excluding steroid dienone is 1. The molecule has 0 aliphatic carbocycles. The van der Waals surface area contributed by atoms with Gasteiger partial charge in [-0.2, -0.15) is 0 Å². The molecular weight excluding hydrogens is 284 g/mol. The lowest BCUT2D eigenvalue weighted by Crippen LogP contribution is -2.11. The van der Waals surface area contributed by atoms with E-state index in [0.717, 1.165) is 42.5 Å². The molecule has 1 aliphatic heterocycles. The van der Waals surface area contributed by atoms with Crippen LogP contribution in [0.3, 0.4) is 0 Å². The Bertz CT molecular complexity index is 576. The molecule has 5 nitrogen and oxygen atoms in total. The minimum absolute atomic E-state index is 0.0228. The van der Waals surface area contributed by atoms with Crippen LogP contribution < -0.4 is 9.47 Å². The number of aliphatic hydroxyl groups is 1. The molecule has 5 heteroatoms. The fourth-order valence-corrected chi connectivity index (χ4v) is 2.40. The lowest BCUT2D eigenvalue weighted by Gasteiger charge is -2.13. The maximum absolute atomic E-state index is 11.8. The van der Waals surface area contributed by atoms with Crippen molar-refractivity contribution in [2.24, 2.45) is 5.92 Å². The Balaban J connectivity index is 1.93. The van der Waals surface area contributed by atoms with Crippen molar-refractivity contribution in [3.8, 4) is 11.5 Å². The average molecular weight is 304 g/mol. The predicted molar refractivity (Wildman–Crippen MR) is 81.1 cm³/mol. The van der Waals surface area contributed by atoms with Gasteiger partial charge in [-0.1, -0.05) is 6.07 Å². The Morgan fingerprint density at radius 2 is 2.14 bits per heavy atom. The summed E-state index contributed by atoms with van der Waals surface area (Å²) in [6, 6.07) is 5.77. The number of hydrogen-bond acceptors (Lipinski definition) is 5. The van der Waals surface area contributed by atoms with E-state index >= 15 is 0 Å². The van der Waals surface area contributed by atoms with Crippen molar-refractivity contribution >= 4 is 12.1 Å². The molecule has 0 amide bonds. The highest BCUT2D eigenvalue weighted by molar-refractivity contribution is 5.94. The topological polar surface area (TPSA) is 72.8 Å². The first kappa shape index (κ1) is 16.1. The van der Waals surface area contributed by atoms with Crippen molar-refractivity contribution in [2.75, 3.05) is 6.79 Å².